The topological polar surface area (TPSA) is 79.9 Å². The number of hydrogen-bond donors (Lipinski definition) is 4. The number of rotatable bonds is 7. The number of benzene rings is 2. The molecule has 2 heterocycles. The summed E-state index contributed by atoms with van der Waals surface area (Å²) in [6.45, 7) is 6.12. The number of β-amino-alcohol motifs (C(OH)–C–C–N with tert-alkyl or cyclic N) is 1. The summed E-state index contributed by atoms with van der Waals surface area (Å²) in [6, 6.07) is 12.1. The van der Waals surface area contributed by atoms with Crippen molar-refractivity contribution in [2.24, 2.45) is 0 Å². The molecule has 2 aliphatic rings. The van der Waals surface area contributed by atoms with Crippen LogP contribution < -0.4 is 20.9 Å². The van der Waals surface area contributed by atoms with E-state index in [1.165, 1.54) is 17.7 Å². The molecule has 9 heteroatoms. The van der Waals surface area contributed by atoms with E-state index in [1.54, 1.807) is 6.07 Å². The molecular formula is C25H33ClFN5O2. The highest BCUT2D eigenvalue weighted by atomic mass is 35.5. The Morgan fingerprint density at radius 3 is 2.59 bits per heavy atom. The average Bonchev–Trinajstić information content (AvgIpc) is 3.18. The maximum atomic E-state index is 14.0. The smallest absolute Gasteiger partial charge is 0.319 e. The number of hydrogen-bond acceptors (Lipinski definition) is 5. The van der Waals surface area contributed by atoms with Gasteiger partial charge in [0.1, 0.15) is 5.82 Å². The van der Waals surface area contributed by atoms with Crippen molar-refractivity contribution in [1.82, 2.24) is 15.5 Å². The van der Waals surface area contributed by atoms with Gasteiger partial charge in [0.25, 0.3) is 0 Å². The van der Waals surface area contributed by atoms with Gasteiger partial charge in [0.2, 0.25) is 0 Å². The van der Waals surface area contributed by atoms with Gasteiger partial charge >= 0.3 is 6.03 Å². The number of halogens is 2. The Labute approximate surface area is 205 Å². The maximum Gasteiger partial charge on any atom is 0.319 e. The van der Waals surface area contributed by atoms with Crippen molar-refractivity contribution in [2.75, 3.05) is 42.9 Å². The van der Waals surface area contributed by atoms with Crippen LogP contribution >= 0.6 is 11.6 Å². The van der Waals surface area contributed by atoms with E-state index in [-0.39, 0.29) is 17.9 Å². The Bertz CT molecular complexity index is 968. The van der Waals surface area contributed by atoms with Crippen molar-refractivity contribution in [2.45, 2.75) is 44.5 Å². The Morgan fingerprint density at radius 2 is 1.88 bits per heavy atom. The van der Waals surface area contributed by atoms with Crippen molar-refractivity contribution >= 4 is 29.0 Å². The van der Waals surface area contributed by atoms with Crippen molar-refractivity contribution in [1.29, 1.82) is 0 Å². The third-order valence-corrected chi connectivity index (χ3v) is 6.78. The van der Waals surface area contributed by atoms with Crippen LogP contribution in [0.1, 0.15) is 25.3 Å². The van der Waals surface area contributed by atoms with Gasteiger partial charge in [-0.05, 0) is 68.8 Å². The number of nitrogens with zero attached hydrogens (tertiary/aromatic N) is 2. The average molecular weight is 490 g/mol. The number of anilines is 2. The number of likely N-dealkylation sites (tertiary alicyclic amines) is 1. The summed E-state index contributed by atoms with van der Waals surface area (Å²) < 4.78 is 14.0. The Kier molecular flexibility index (Phi) is 8.26. The van der Waals surface area contributed by atoms with Crippen LogP contribution in [0.2, 0.25) is 5.02 Å². The molecule has 2 unspecified atom stereocenters. The number of piperidine rings is 1. The minimum absolute atomic E-state index is 0.117. The molecule has 2 amide bonds. The fraction of sp³-hybridized carbons (Fsp3) is 0.480. The van der Waals surface area contributed by atoms with Gasteiger partial charge in [-0.1, -0.05) is 23.7 Å². The van der Waals surface area contributed by atoms with Crippen LogP contribution in [0.4, 0.5) is 20.6 Å². The van der Waals surface area contributed by atoms with Gasteiger partial charge in [-0.25, -0.2) is 9.18 Å². The third kappa shape index (κ3) is 6.39. The molecule has 0 aromatic heterocycles. The van der Waals surface area contributed by atoms with Crippen molar-refractivity contribution in [3.8, 4) is 0 Å². The van der Waals surface area contributed by atoms with Crippen molar-refractivity contribution in [3.05, 3.63) is 58.9 Å². The highest BCUT2D eigenvalue weighted by molar-refractivity contribution is 6.30. The molecule has 2 atom stereocenters. The molecule has 2 aromatic rings. The number of aliphatic hydroxyl groups is 1. The molecule has 7 nitrogen and oxygen atoms in total. The predicted molar refractivity (Wildman–Crippen MR) is 134 cm³/mol. The van der Waals surface area contributed by atoms with E-state index in [4.69, 9.17) is 11.6 Å². The SMILES string of the molecule is CCNC(=O)Nc1ccc(F)cc1N1CC(O)C(NC2CCN(Cc3ccc(Cl)cc3)CC2)C1. The summed E-state index contributed by atoms with van der Waals surface area (Å²) in [6.07, 6.45) is 1.43. The van der Waals surface area contributed by atoms with E-state index >= 15 is 0 Å². The van der Waals surface area contributed by atoms with Gasteiger partial charge < -0.3 is 26.0 Å². The van der Waals surface area contributed by atoms with E-state index in [0.29, 0.717) is 37.1 Å². The molecule has 0 bridgehead atoms. The fourth-order valence-electron chi connectivity index (χ4n) is 4.75. The van der Waals surface area contributed by atoms with Gasteiger partial charge in [-0.3, -0.25) is 4.90 Å². The standard InChI is InChI=1S/C25H33ClFN5O2/c1-2-28-25(34)30-21-8-7-19(27)13-23(21)32-15-22(24(33)16-32)29-20-9-11-31(12-10-20)14-17-3-5-18(26)6-4-17/h3-8,13,20,22,24,29,33H,2,9-12,14-16H2,1H3,(H2,28,30,34). The van der Waals surface area contributed by atoms with Crippen LogP contribution in [-0.4, -0.2) is 66.9 Å². The molecule has 34 heavy (non-hydrogen) atoms. The van der Waals surface area contributed by atoms with Gasteiger partial charge in [0, 0.05) is 37.2 Å². The Morgan fingerprint density at radius 1 is 1.15 bits per heavy atom. The molecule has 0 saturated carbocycles. The summed E-state index contributed by atoms with van der Waals surface area (Å²) in [5.41, 5.74) is 2.35. The summed E-state index contributed by atoms with van der Waals surface area (Å²) in [5, 5.41) is 20.6. The lowest BCUT2D eigenvalue weighted by molar-refractivity contribution is 0.136. The molecule has 2 fully saturated rings. The second-order valence-corrected chi connectivity index (χ2v) is 9.50. The second kappa shape index (κ2) is 11.4. The van der Waals surface area contributed by atoms with Crippen LogP contribution in [0.5, 0.6) is 0 Å². The van der Waals surface area contributed by atoms with Crippen molar-refractivity contribution < 1.29 is 14.3 Å². The molecule has 4 N–H and O–H groups in total. The second-order valence-electron chi connectivity index (χ2n) is 9.07. The largest absolute Gasteiger partial charge is 0.390 e. The normalized spacial score (nSPS) is 21.6. The van der Waals surface area contributed by atoms with Crippen LogP contribution in [-0.2, 0) is 6.54 Å². The van der Waals surface area contributed by atoms with Crippen LogP contribution in [0.15, 0.2) is 42.5 Å². The van der Waals surface area contributed by atoms with Gasteiger partial charge in [-0.15, -0.1) is 0 Å². The molecule has 2 saturated heterocycles. The van der Waals surface area contributed by atoms with E-state index in [1.807, 2.05) is 24.0 Å². The molecule has 0 radical (unpaired) electrons. The minimum atomic E-state index is -0.576. The van der Waals surface area contributed by atoms with Gasteiger partial charge in [0.05, 0.1) is 23.5 Å². The molecule has 2 aromatic carbocycles. The lowest BCUT2D eigenvalue weighted by Gasteiger charge is -2.34. The van der Waals surface area contributed by atoms with E-state index in [9.17, 15) is 14.3 Å². The van der Waals surface area contributed by atoms with Gasteiger partial charge in [0.15, 0.2) is 0 Å². The molecule has 4 rings (SSSR count). The number of carbonyl (C=O) groups excluding carboxylic acids is 1. The lowest BCUT2D eigenvalue weighted by atomic mass is 10.0. The summed E-state index contributed by atoms with van der Waals surface area (Å²) in [4.78, 5) is 16.4. The van der Waals surface area contributed by atoms with E-state index < -0.39 is 6.10 Å². The summed E-state index contributed by atoms with van der Waals surface area (Å²) in [7, 11) is 0. The molecule has 184 valence electrons. The summed E-state index contributed by atoms with van der Waals surface area (Å²) >= 11 is 5.98. The third-order valence-electron chi connectivity index (χ3n) is 6.53. The monoisotopic (exact) mass is 489 g/mol. The molecule has 0 spiro atoms. The van der Waals surface area contributed by atoms with E-state index in [0.717, 1.165) is 37.5 Å². The number of urea groups is 1. The quantitative estimate of drug-likeness (QED) is 0.479. The minimum Gasteiger partial charge on any atom is -0.390 e. The molecule has 2 aliphatic heterocycles. The first kappa shape index (κ1) is 24.7. The van der Waals surface area contributed by atoms with Crippen LogP contribution in [0.3, 0.4) is 0 Å². The number of nitrogens with one attached hydrogen (secondary N) is 3. The maximum absolute atomic E-state index is 14.0. The highest BCUT2D eigenvalue weighted by Gasteiger charge is 2.34. The Balaban J connectivity index is 1.31. The molecule has 0 aliphatic carbocycles. The zero-order valence-electron chi connectivity index (χ0n) is 19.4. The van der Waals surface area contributed by atoms with Gasteiger partial charge in [-0.2, -0.15) is 0 Å². The molecular weight excluding hydrogens is 457 g/mol. The Hall–Kier alpha value is -2.39. The number of aliphatic hydroxyl groups excluding tert-OH is 1. The first-order valence-electron chi connectivity index (χ1n) is 11.9. The van der Waals surface area contributed by atoms with Crippen LogP contribution in [0, 0.1) is 5.82 Å². The zero-order valence-corrected chi connectivity index (χ0v) is 20.2. The number of carbonyl (C=O) groups is 1. The van der Waals surface area contributed by atoms with Crippen LogP contribution in [0.25, 0.3) is 0 Å². The highest BCUT2D eigenvalue weighted by Crippen LogP contribution is 2.30. The van der Waals surface area contributed by atoms with Crippen molar-refractivity contribution in [3.63, 3.8) is 0 Å². The summed E-state index contributed by atoms with van der Waals surface area (Å²) in [5.74, 6) is -0.379. The zero-order chi connectivity index (χ0) is 24.1. The first-order chi connectivity index (χ1) is 16.4. The predicted octanol–water partition coefficient (Wildman–Crippen LogP) is 3.42. The fourth-order valence-corrected chi connectivity index (χ4v) is 4.88. The number of amides is 2. The lowest BCUT2D eigenvalue weighted by Crippen LogP contribution is -2.49. The first-order valence-corrected chi connectivity index (χ1v) is 12.3. The van der Waals surface area contributed by atoms with E-state index in [2.05, 4.69) is 33.0 Å².